The van der Waals surface area contributed by atoms with Gasteiger partial charge in [0.25, 0.3) is 0 Å². The number of thiophene rings is 1. The predicted molar refractivity (Wildman–Crippen MR) is 126 cm³/mol. The van der Waals surface area contributed by atoms with E-state index in [1.54, 1.807) is 51.7 Å². The Hall–Kier alpha value is -2.78. The van der Waals surface area contributed by atoms with Crippen LogP contribution in [0.3, 0.4) is 0 Å². The summed E-state index contributed by atoms with van der Waals surface area (Å²) in [6.45, 7) is 1.72. The molecule has 1 heterocycles. The molecule has 1 aromatic heterocycles. The Morgan fingerprint density at radius 2 is 1.72 bits per heavy atom. The number of carbonyl (C=O) groups is 2. The monoisotopic (exact) mass is 463 g/mol. The lowest BCUT2D eigenvalue weighted by atomic mass is 10.1. The first-order chi connectivity index (χ1) is 15.4. The van der Waals surface area contributed by atoms with Gasteiger partial charge in [0.15, 0.2) is 11.5 Å². The van der Waals surface area contributed by atoms with Crippen molar-refractivity contribution in [1.29, 1.82) is 0 Å². The molecule has 0 radical (unpaired) electrons. The summed E-state index contributed by atoms with van der Waals surface area (Å²) in [4.78, 5) is 31.7. The van der Waals surface area contributed by atoms with Crippen molar-refractivity contribution in [2.24, 2.45) is 0 Å². The fraction of sp³-hybridized carbons (Fsp3) is 0.478. The third-order valence-electron chi connectivity index (χ3n) is 4.94. The Kier molecular flexibility index (Phi) is 10.3. The van der Waals surface area contributed by atoms with Crippen LogP contribution in [0.1, 0.15) is 10.4 Å². The van der Waals surface area contributed by atoms with Gasteiger partial charge in [-0.15, -0.1) is 11.3 Å². The van der Waals surface area contributed by atoms with Crippen LogP contribution in [0.4, 0.5) is 4.79 Å². The van der Waals surface area contributed by atoms with E-state index in [0.29, 0.717) is 44.2 Å². The van der Waals surface area contributed by atoms with Crippen LogP contribution in [0.5, 0.6) is 11.5 Å². The molecule has 0 spiro atoms. The van der Waals surface area contributed by atoms with Crippen molar-refractivity contribution < 1.29 is 23.8 Å². The molecule has 0 aliphatic carbocycles. The van der Waals surface area contributed by atoms with Crippen LogP contribution < -0.4 is 9.47 Å². The molecule has 1 aromatic carbocycles. The predicted octanol–water partition coefficient (Wildman–Crippen LogP) is 2.97. The number of hydrogen-bond donors (Lipinski definition) is 0. The van der Waals surface area contributed by atoms with Gasteiger partial charge in [-0.25, -0.2) is 4.79 Å². The first-order valence-corrected chi connectivity index (χ1v) is 11.2. The van der Waals surface area contributed by atoms with Gasteiger partial charge < -0.3 is 28.9 Å². The van der Waals surface area contributed by atoms with Crippen LogP contribution in [0.25, 0.3) is 0 Å². The highest BCUT2D eigenvalue weighted by atomic mass is 32.1. The molecule has 0 saturated carbocycles. The molecule has 2 aromatic rings. The van der Waals surface area contributed by atoms with Gasteiger partial charge in [-0.3, -0.25) is 4.79 Å². The second-order valence-electron chi connectivity index (χ2n) is 7.43. The summed E-state index contributed by atoms with van der Waals surface area (Å²) < 4.78 is 15.8. The zero-order valence-corrected chi connectivity index (χ0v) is 20.3. The largest absolute Gasteiger partial charge is 0.493 e. The number of ether oxygens (including phenoxy) is 3. The van der Waals surface area contributed by atoms with E-state index in [4.69, 9.17) is 14.2 Å². The maximum absolute atomic E-state index is 13.2. The first-order valence-electron chi connectivity index (χ1n) is 10.4. The van der Waals surface area contributed by atoms with Gasteiger partial charge in [-0.05, 0) is 35.6 Å². The second kappa shape index (κ2) is 12.9. The molecule has 2 rings (SSSR count). The summed E-state index contributed by atoms with van der Waals surface area (Å²) >= 11 is 1.61. The lowest BCUT2D eigenvalue weighted by Crippen LogP contribution is -2.47. The van der Waals surface area contributed by atoms with Crippen LogP contribution >= 0.6 is 11.3 Å². The molecule has 8 nitrogen and oxygen atoms in total. The van der Waals surface area contributed by atoms with E-state index in [-0.39, 0.29) is 18.5 Å². The number of carbonyl (C=O) groups excluding carboxylic acids is 2. The number of urea groups is 1. The minimum atomic E-state index is -0.216. The average molecular weight is 464 g/mol. The molecule has 0 N–H and O–H groups in total. The third kappa shape index (κ3) is 7.42. The van der Waals surface area contributed by atoms with E-state index < -0.39 is 0 Å². The molecule has 0 unspecified atom stereocenters. The molecular weight excluding hydrogens is 430 g/mol. The zero-order valence-electron chi connectivity index (χ0n) is 19.5. The van der Waals surface area contributed by atoms with Crippen LogP contribution in [0, 0.1) is 0 Å². The summed E-state index contributed by atoms with van der Waals surface area (Å²) in [7, 11) is 8.13. The molecule has 0 bridgehead atoms. The van der Waals surface area contributed by atoms with Gasteiger partial charge in [0.2, 0.25) is 5.91 Å². The Labute approximate surface area is 194 Å². The molecule has 0 fully saturated rings. The molecule has 32 heavy (non-hydrogen) atoms. The van der Waals surface area contributed by atoms with Crippen molar-refractivity contribution in [3.63, 3.8) is 0 Å². The highest BCUT2D eigenvalue weighted by Gasteiger charge is 2.23. The van der Waals surface area contributed by atoms with Gasteiger partial charge in [-0.2, -0.15) is 0 Å². The van der Waals surface area contributed by atoms with E-state index in [2.05, 4.69) is 0 Å². The molecule has 176 valence electrons. The highest BCUT2D eigenvalue weighted by Crippen LogP contribution is 2.27. The minimum absolute atomic E-state index is 0.00230. The lowest BCUT2D eigenvalue weighted by Gasteiger charge is -2.29. The van der Waals surface area contributed by atoms with Crippen molar-refractivity contribution in [3.8, 4) is 11.5 Å². The normalized spacial score (nSPS) is 10.5. The topological polar surface area (TPSA) is 71.5 Å². The van der Waals surface area contributed by atoms with Crippen LogP contribution in [0.2, 0.25) is 0 Å². The SMILES string of the molecule is COCCN(CC(=O)N(CCc1ccc(OC)c(OC)c1)Cc1cccs1)C(=O)N(C)C. The number of hydrogen-bond acceptors (Lipinski definition) is 6. The summed E-state index contributed by atoms with van der Waals surface area (Å²) in [5.41, 5.74) is 1.03. The van der Waals surface area contributed by atoms with Crippen molar-refractivity contribution in [2.75, 3.05) is 61.7 Å². The third-order valence-corrected chi connectivity index (χ3v) is 5.80. The average Bonchev–Trinajstić information content (AvgIpc) is 3.31. The van der Waals surface area contributed by atoms with Gasteiger partial charge >= 0.3 is 6.03 Å². The lowest BCUT2D eigenvalue weighted by molar-refractivity contribution is -0.132. The van der Waals surface area contributed by atoms with Gasteiger partial charge in [-0.1, -0.05) is 12.1 Å². The Balaban J connectivity index is 2.14. The van der Waals surface area contributed by atoms with E-state index >= 15 is 0 Å². The van der Waals surface area contributed by atoms with E-state index in [1.807, 2.05) is 35.7 Å². The van der Waals surface area contributed by atoms with E-state index in [0.717, 1.165) is 10.4 Å². The molecule has 0 aliphatic heterocycles. The van der Waals surface area contributed by atoms with Gasteiger partial charge in [0.1, 0.15) is 6.54 Å². The second-order valence-corrected chi connectivity index (χ2v) is 8.46. The van der Waals surface area contributed by atoms with Crippen LogP contribution in [-0.2, 0) is 22.5 Å². The maximum atomic E-state index is 13.2. The fourth-order valence-corrected chi connectivity index (χ4v) is 3.89. The number of methoxy groups -OCH3 is 3. The molecule has 0 atom stereocenters. The molecular formula is C23H33N3O5S. The smallest absolute Gasteiger partial charge is 0.320 e. The zero-order chi connectivity index (χ0) is 23.5. The number of benzene rings is 1. The number of amides is 3. The summed E-state index contributed by atoms with van der Waals surface area (Å²) in [5.74, 6) is 1.22. The van der Waals surface area contributed by atoms with Crippen LogP contribution in [-0.4, -0.2) is 88.3 Å². The molecule has 0 saturated heterocycles. The summed E-state index contributed by atoms with van der Waals surface area (Å²) in [5, 5.41) is 1.99. The molecule has 9 heteroatoms. The van der Waals surface area contributed by atoms with Crippen molar-refractivity contribution in [1.82, 2.24) is 14.7 Å². The Morgan fingerprint density at radius 1 is 0.969 bits per heavy atom. The first kappa shape index (κ1) is 25.5. The quantitative estimate of drug-likeness (QED) is 0.484. The van der Waals surface area contributed by atoms with Crippen molar-refractivity contribution in [2.45, 2.75) is 13.0 Å². The standard InChI is InChI=1S/C23H33N3O5S/c1-24(2)23(28)26(12-13-29-3)17-22(27)25(16-19-7-6-14-32-19)11-10-18-8-9-20(30-4)21(15-18)31-5/h6-9,14-15H,10-13,16-17H2,1-5H3. The maximum Gasteiger partial charge on any atom is 0.320 e. The number of nitrogens with zero attached hydrogens (tertiary/aromatic N) is 3. The van der Waals surface area contributed by atoms with Crippen molar-refractivity contribution >= 4 is 23.3 Å². The minimum Gasteiger partial charge on any atom is -0.493 e. The van der Waals surface area contributed by atoms with E-state index in [1.165, 1.54) is 9.80 Å². The number of rotatable bonds is 12. The summed E-state index contributed by atoms with van der Waals surface area (Å²) in [6.07, 6.45) is 0.650. The summed E-state index contributed by atoms with van der Waals surface area (Å²) in [6, 6.07) is 9.52. The molecule has 0 aliphatic rings. The van der Waals surface area contributed by atoms with Gasteiger partial charge in [0, 0.05) is 39.2 Å². The van der Waals surface area contributed by atoms with Crippen molar-refractivity contribution in [3.05, 3.63) is 46.2 Å². The highest BCUT2D eigenvalue weighted by molar-refractivity contribution is 7.09. The molecule has 3 amide bonds. The van der Waals surface area contributed by atoms with Gasteiger partial charge in [0.05, 0.1) is 27.4 Å². The van der Waals surface area contributed by atoms with Crippen LogP contribution in [0.15, 0.2) is 35.7 Å². The Morgan fingerprint density at radius 3 is 2.31 bits per heavy atom. The Bertz CT molecular complexity index is 857. The van der Waals surface area contributed by atoms with E-state index in [9.17, 15) is 9.59 Å². The fourth-order valence-electron chi connectivity index (χ4n) is 3.17.